The van der Waals surface area contributed by atoms with Gasteiger partial charge < -0.3 is 156 Å². The third-order valence-electron chi connectivity index (χ3n) is 22.1. The first-order valence-electron chi connectivity index (χ1n) is 46.0. The first-order valence-corrected chi connectivity index (χ1v) is 53.5. The lowest BCUT2D eigenvalue weighted by atomic mass is 9.97. The van der Waals surface area contributed by atoms with E-state index in [0.29, 0.717) is 5.56 Å². The van der Waals surface area contributed by atoms with Crippen LogP contribution in [-0.2, 0) is 92.7 Å². The Kier molecular flexibility index (Phi) is 52.9. The van der Waals surface area contributed by atoms with Crippen LogP contribution < -0.4 is 151 Å². The lowest BCUT2D eigenvalue weighted by Crippen LogP contribution is -2.63. The van der Waals surface area contributed by atoms with Crippen molar-refractivity contribution in [2.75, 3.05) is 73.8 Å². The Balaban J connectivity index is 1.87. The number of aliphatic hydroxyl groups is 1. The highest BCUT2D eigenvalue weighted by atomic mass is 33.1. The Labute approximate surface area is 840 Å². The molecule has 4 heterocycles. The maximum Gasteiger partial charge on any atom is 0.245 e. The largest absolute Gasteiger partial charge is 0.391 e. The summed E-state index contributed by atoms with van der Waals surface area (Å²) in [4.78, 5) is 272. The molecule has 58 heteroatoms. The normalized spacial score (nSPS) is 26.5. The number of nitrogens with one attached hydrogen (secondary N) is 28. The summed E-state index contributed by atoms with van der Waals surface area (Å²) in [7, 11) is 4.83. The van der Waals surface area contributed by atoms with Gasteiger partial charge in [-0.3, -0.25) is 113 Å². The molecule has 18 amide bonds. The van der Waals surface area contributed by atoms with E-state index in [0.717, 1.165) is 71.7 Å². The number of benzene rings is 1. The summed E-state index contributed by atoms with van der Waals surface area (Å²) in [6.45, 7) is 11.0. The zero-order valence-corrected chi connectivity index (χ0v) is 84.7. The van der Waals surface area contributed by atoms with Crippen LogP contribution >= 0.6 is 64.8 Å². The van der Waals surface area contributed by atoms with Crippen LogP contribution in [-0.4, -0.2) is 324 Å². The second-order valence-corrected chi connectivity index (χ2v) is 42.2. The summed E-state index contributed by atoms with van der Waals surface area (Å²) in [6.07, 6.45) is -3.59. The highest BCUT2D eigenvalue weighted by Gasteiger charge is 2.43. The van der Waals surface area contributed by atoms with Crippen molar-refractivity contribution in [1.29, 1.82) is 27.0 Å². The van der Waals surface area contributed by atoms with Crippen molar-refractivity contribution in [3.63, 3.8) is 0 Å². The number of amides is 18. The summed E-state index contributed by atoms with van der Waals surface area (Å²) in [5, 5.41) is 111. The number of carbonyl (C=O) groups is 18. The molecule has 0 spiro atoms. The molecule has 1 aromatic carbocycles. The highest BCUT2D eigenvalue weighted by Crippen LogP contribution is 2.28. The van der Waals surface area contributed by atoms with Gasteiger partial charge in [0.15, 0.2) is 29.8 Å². The zero-order chi connectivity index (χ0) is 105. The van der Waals surface area contributed by atoms with Crippen LogP contribution in [0.5, 0.6) is 0 Å². The van der Waals surface area contributed by atoms with Crippen molar-refractivity contribution in [2.24, 2.45) is 46.4 Å². The van der Waals surface area contributed by atoms with Gasteiger partial charge in [0.1, 0.15) is 103 Å². The molecule has 19 atom stereocenters. The van der Waals surface area contributed by atoms with Crippen LogP contribution in [0, 0.1) is 44.8 Å². The number of guanidine groups is 5. The molecule has 0 unspecified atom stereocenters. The summed E-state index contributed by atoms with van der Waals surface area (Å²) in [6, 6.07) is -20.4. The predicted molar refractivity (Wildman–Crippen MR) is 538 cm³/mol. The molecule has 4 saturated heterocycles. The molecular formula is C83H139N33O19S6. The third kappa shape index (κ3) is 44.0. The van der Waals surface area contributed by atoms with Crippen LogP contribution in [0.25, 0.3) is 0 Å². The quantitative estimate of drug-likeness (QED) is 0.0160. The second kappa shape index (κ2) is 62.4. The van der Waals surface area contributed by atoms with Crippen molar-refractivity contribution >= 4 is 201 Å². The number of hydrogen-bond donors (Lipinski definition) is 34. The Morgan fingerprint density at radius 1 is 0.340 bits per heavy atom. The summed E-state index contributed by atoms with van der Waals surface area (Å²) < 4.78 is 0. The van der Waals surface area contributed by atoms with Crippen molar-refractivity contribution in [3.8, 4) is 0 Å². The summed E-state index contributed by atoms with van der Waals surface area (Å²) in [5.74, 6) is -26.5. The fourth-order valence-corrected chi connectivity index (χ4v) is 21.1. The number of carbonyl (C=O) groups excluding carboxylic acids is 18. The maximum atomic E-state index is 15.7. The van der Waals surface area contributed by atoms with Crippen LogP contribution in [0.3, 0.4) is 0 Å². The van der Waals surface area contributed by atoms with E-state index in [2.05, 4.69) is 122 Å². The molecule has 4 aliphatic rings. The van der Waals surface area contributed by atoms with E-state index in [9.17, 15) is 38.7 Å². The second-order valence-electron chi connectivity index (χ2n) is 34.6. The molecule has 0 radical (unpaired) electrons. The van der Waals surface area contributed by atoms with E-state index < -0.39 is 304 Å². The van der Waals surface area contributed by atoms with E-state index >= 15 is 52.7 Å². The standard InChI is InChI=1S/C83H139N33O19S6/c1-9-41(6)60-77(134)113-57-38-141-137-34-53(111-69(126)51(31-44-18-11-10-12-19-44)101-58(118)32-99-63(120)45(20-13-25-94-79(84)85)106-78(135)61(43(8)117)116-75(57)132)71(128)104-48(23-16-28-97-82(90)91)66(123)108-54-35-138-140-37-56(74(131)115-60)109-67(124)49(24-17-29-98-83(92)93)105-72(129)55-36-139-136-33-52(110-68(125)50(30-39(2)3)107-73(54)130)70(127)103-47(22-15-27-96-81(88)89)65(122)102-46(21-14-26-95-80(86)87)64(121)100-42(7)62(119)114-59(40(4)5)76(133)112-55/h10-12,18-19,39-43,45-57,59-61,117H,9,13-17,20-38H2,1-8H3,(H,99,120)(H,100,121)(H,101,118)(H,102,122)(H,103,127)(H,104,128)(H,105,129)(H,106,135)(H,107,130)(H,108,123)(H,109,124)(H,110,125)(H,111,126)(H,112,133)(H,113,134)(H,114,119)(H,115,131)(H,116,132)(H4,84,85,94)(H4,86,87,95)(H4,88,89,96)(H4,90,91,97)(H4,92,93,98)/t41-,42-,43+,45-,46-,47-,48-,49-,50-,51-,52-,53-,54-,55-,56-,57-,59-,60-,61-/m0/s1. The maximum absolute atomic E-state index is 15.7. The van der Waals surface area contributed by atoms with Gasteiger partial charge in [0, 0.05) is 73.7 Å². The van der Waals surface area contributed by atoms with Gasteiger partial charge in [-0.1, -0.05) is 143 Å². The molecule has 0 aliphatic carbocycles. The van der Waals surface area contributed by atoms with E-state index in [4.69, 9.17) is 55.7 Å². The number of fused-ring (bicyclic) bond motifs is 15. The van der Waals surface area contributed by atoms with Crippen molar-refractivity contribution < 1.29 is 91.4 Å². The molecule has 786 valence electrons. The monoisotopic (exact) mass is 2090 g/mol. The van der Waals surface area contributed by atoms with Crippen molar-refractivity contribution in [1.82, 2.24) is 122 Å². The number of rotatable bonds is 28. The van der Waals surface area contributed by atoms with Gasteiger partial charge in [-0.2, -0.15) is 0 Å². The molecule has 1 aromatic rings. The van der Waals surface area contributed by atoms with Crippen LogP contribution in [0.4, 0.5) is 0 Å². The molecule has 141 heavy (non-hydrogen) atoms. The lowest BCUT2D eigenvalue weighted by Gasteiger charge is -2.31. The van der Waals surface area contributed by atoms with Gasteiger partial charge in [0.2, 0.25) is 106 Å². The average molecular weight is 2100 g/mol. The molecule has 52 nitrogen and oxygen atoms in total. The molecule has 0 saturated carbocycles. The third-order valence-corrected chi connectivity index (χ3v) is 29.4. The molecule has 4 fully saturated rings. The van der Waals surface area contributed by atoms with E-state index in [1.165, 1.54) is 6.92 Å². The van der Waals surface area contributed by atoms with Gasteiger partial charge in [-0.25, -0.2) is 0 Å². The first-order chi connectivity index (χ1) is 66.7. The van der Waals surface area contributed by atoms with Crippen LogP contribution in [0.15, 0.2) is 30.3 Å². The van der Waals surface area contributed by atoms with Crippen LogP contribution in [0.2, 0.25) is 0 Å². The smallest absolute Gasteiger partial charge is 0.245 e. The summed E-state index contributed by atoms with van der Waals surface area (Å²) >= 11 is 0. The van der Waals surface area contributed by atoms with Gasteiger partial charge >= 0.3 is 0 Å². The predicted octanol–water partition coefficient (Wildman–Crippen LogP) is -8.75. The van der Waals surface area contributed by atoms with E-state index in [1.807, 2.05) is 0 Å². The van der Waals surface area contributed by atoms with Gasteiger partial charge in [-0.15, -0.1) is 0 Å². The van der Waals surface area contributed by atoms with Crippen molar-refractivity contribution in [2.45, 2.75) is 248 Å². The average Bonchev–Trinajstić information content (AvgIpc) is 0.879. The molecular weight excluding hydrogens is 1960 g/mol. The molecule has 0 aromatic heterocycles. The zero-order valence-electron chi connectivity index (χ0n) is 79.8. The van der Waals surface area contributed by atoms with Crippen molar-refractivity contribution in [3.05, 3.63) is 35.9 Å². The Hall–Kier alpha value is -11.9. The molecule has 5 rings (SSSR count). The van der Waals surface area contributed by atoms with Gasteiger partial charge in [-0.05, 0) is 108 Å². The molecule has 39 N–H and O–H groups in total. The Morgan fingerprint density at radius 3 is 0.957 bits per heavy atom. The number of hydrogen-bond acceptors (Lipinski definition) is 30. The SMILES string of the molecule is CC[C@H](C)[C@@H]1NC(=O)[C@@H]2CSSC[C@H](NC(=O)[C@H](CCCNC(=N)N)NC(=O)[C@@H]3CSSC[C@H](NC1=O)C(=O)N[C@@H]([C@@H](C)O)C(=O)N[C@@H](CCCNC(=N)N)C(=O)NCC(=O)N[C@@H](Cc1ccccc1)C(=O)N3)C(=O)N[C@@H](CC(C)C)C(=O)N[C@H]1CSSC[C@H](NC(=O)[C@H](C(C)C)NC(=O)[C@H](C)NC(=O)[C@H](CCCNC(=N)N)NC(=O)[C@H](CCCNC(=N)N)NC1=O)C(=O)N[C@@H](CCCNC(=N)N)C(=O)N2. The van der Waals surface area contributed by atoms with Gasteiger partial charge in [0.05, 0.1) is 12.6 Å². The van der Waals surface area contributed by atoms with Crippen LogP contribution in [0.1, 0.15) is 138 Å². The minimum Gasteiger partial charge on any atom is -0.391 e. The molecule has 4 aliphatic heterocycles. The number of aliphatic hydroxyl groups excluding tert-OH is 1. The Bertz CT molecular complexity index is 4520. The molecule has 6 bridgehead atoms. The fraction of sp³-hybridized carbons (Fsp3) is 0.651. The highest BCUT2D eigenvalue weighted by molar-refractivity contribution is 8.77. The Morgan fingerprint density at radius 2 is 0.617 bits per heavy atom. The lowest BCUT2D eigenvalue weighted by molar-refractivity contribution is -0.137. The summed E-state index contributed by atoms with van der Waals surface area (Å²) in [5.41, 5.74) is 28.6. The fourth-order valence-electron chi connectivity index (χ4n) is 14.1. The number of nitrogens with two attached hydrogens (primary N) is 5. The van der Waals surface area contributed by atoms with Gasteiger partial charge in [0.25, 0.3) is 0 Å². The minimum atomic E-state index is -1.94. The first kappa shape index (κ1) is 120. The topological polar surface area (TPSA) is 854 Å². The van der Waals surface area contributed by atoms with E-state index in [1.54, 1.807) is 71.9 Å². The minimum absolute atomic E-state index is 0.00227. The van der Waals surface area contributed by atoms with E-state index in [-0.39, 0.29) is 116 Å².